The summed E-state index contributed by atoms with van der Waals surface area (Å²) in [6, 6.07) is 9.71. The molecule has 0 aromatic heterocycles. The van der Waals surface area contributed by atoms with Gasteiger partial charge in [0.15, 0.2) is 0 Å². The molecule has 2 aliphatic rings. The lowest BCUT2D eigenvalue weighted by atomic mass is 10.1. The van der Waals surface area contributed by atoms with Crippen LogP contribution < -0.4 is 9.47 Å². The van der Waals surface area contributed by atoms with Crippen LogP contribution in [0.3, 0.4) is 0 Å². The van der Waals surface area contributed by atoms with Crippen LogP contribution in [-0.4, -0.2) is 44.5 Å². The quantitative estimate of drug-likeness (QED) is 0.606. The summed E-state index contributed by atoms with van der Waals surface area (Å²) in [5.74, 6) is 0.944. The third-order valence-corrected chi connectivity index (χ3v) is 7.44. The van der Waals surface area contributed by atoms with Gasteiger partial charge in [-0.1, -0.05) is 0 Å². The minimum absolute atomic E-state index is 0.0347. The van der Waals surface area contributed by atoms with Crippen molar-refractivity contribution in [2.45, 2.75) is 50.7 Å². The number of rotatable bonds is 7. The summed E-state index contributed by atoms with van der Waals surface area (Å²) in [5.41, 5.74) is 2.11. The first-order valence-electron chi connectivity index (χ1n) is 10.6. The number of nitrogens with zero attached hydrogens (tertiary/aromatic N) is 1. The molecule has 8 heteroatoms. The number of sulfonamides is 1. The lowest BCUT2D eigenvalue weighted by Gasteiger charge is -2.15. The van der Waals surface area contributed by atoms with Gasteiger partial charge >= 0.3 is 5.97 Å². The lowest BCUT2D eigenvalue weighted by Crippen LogP contribution is -2.27. The molecule has 0 bridgehead atoms. The highest BCUT2D eigenvalue weighted by molar-refractivity contribution is 7.89. The molecular formula is C23H27NO6S. The van der Waals surface area contributed by atoms with E-state index in [-0.39, 0.29) is 17.6 Å². The Morgan fingerprint density at radius 3 is 2.55 bits per heavy atom. The third-order valence-electron chi connectivity index (χ3n) is 5.53. The molecule has 2 aromatic carbocycles. The van der Waals surface area contributed by atoms with Crippen molar-refractivity contribution >= 4 is 16.0 Å². The highest BCUT2D eigenvalue weighted by Crippen LogP contribution is 2.35. The Morgan fingerprint density at radius 2 is 1.87 bits per heavy atom. The molecule has 31 heavy (non-hydrogen) atoms. The minimum atomic E-state index is -3.51. The van der Waals surface area contributed by atoms with E-state index in [1.54, 1.807) is 0 Å². The summed E-state index contributed by atoms with van der Waals surface area (Å²) in [4.78, 5) is 12.7. The average molecular weight is 446 g/mol. The van der Waals surface area contributed by atoms with Gasteiger partial charge in [-0.2, -0.15) is 4.31 Å². The van der Waals surface area contributed by atoms with E-state index in [1.807, 2.05) is 26.0 Å². The number of benzene rings is 2. The Balaban J connectivity index is 1.45. The molecule has 7 nitrogen and oxygen atoms in total. The molecule has 2 aromatic rings. The fourth-order valence-electron chi connectivity index (χ4n) is 3.95. The summed E-state index contributed by atoms with van der Waals surface area (Å²) in [6.07, 6.45) is 2.68. The van der Waals surface area contributed by atoms with Crippen molar-refractivity contribution in [2.24, 2.45) is 0 Å². The number of hydrogen-bond donors (Lipinski definition) is 0. The molecule has 0 aliphatic carbocycles. The van der Waals surface area contributed by atoms with Gasteiger partial charge in [0.1, 0.15) is 24.2 Å². The van der Waals surface area contributed by atoms with E-state index >= 15 is 0 Å². The number of ether oxygens (including phenoxy) is 3. The minimum Gasteiger partial charge on any atom is -0.493 e. The van der Waals surface area contributed by atoms with E-state index in [4.69, 9.17) is 14.2 Å². The Kier molecular flexibility index (Phi) is 6.20. The van der Waals surface area contributed by atoms with Crippen molar-refractivity contribution in [1.82, 2.24) is 4.31 Å². The molecule has 166 valence electrons. The summed E-state index contributed by atoms with van der Waals surface area (Å²) < 4.78 is 43.7. The van der Waals surface area contributed by atoms with Gasteiger partial charge in [0, 0.05) is 30.6 Å². The van der Waals surface area contributed by atoms with Gasteiger partial charge in [0.05, 0.1) is 17.1 Å². The number of carbonyl (C=O) groups is 1. The van der Waals surface area contributed by atoms with Crippen molar-refractivity contribution < 1.29 is 27.4 Å². The SMILES string of the molecule is CCOc1cc2c(cc1COC(=O)c1ccc(S(=O)(=O)N3CCCC3)cc1)OC(C)C2. The third kappa shape index (κ3) is 4.55. The molecule has 4 rings (SSSR count). The average Bonchev–Trinajstić information content (AvgIpc) is 3.41. The molecular weight excluding hydrogens is 418 g/mol. The zero-order valence-corrected chi connectivity index (χ0v) is 18.6. The second-order valence-electron chi connectivity index (χ2n) is 7.84. The smallest absolute Gasteiger partial charge is 0.338 e. The van der Waals surface area contributed by atoms with Gasteiger partial charge in [-0.25, -0.2) is 13.2 Å². The van der Waals surface area contributed by atoms with Crippen LogP contribution in [0.5, 0.6) is 11.5 Å². The van der Waals surface area contributed by atoms with Gasteiger partial charge in [0.25, 0.3) is 0 Å². The normalized spacial score (nSPS) is 18.5. The largest absolute Gasteiger partial charge is 0.493 e. The summed E-state index contributed by atoms with van der Waals surface area (Å²) in [5, 5.41) is 0. The van der Waals surface area contributed by atoms with Crippen LogP contribution in [0.15, 0.2) is 41.3 Å². The molecule has 2 heterocycles. The Labute approximate surface area is 183 Å². The van der Waals surface area contributed by atoms with Crippen molar-refractivity contribution in [3.63, 3.8) is 0 Å². The van der Waals surface area contributed by atoms with E-state index < -0.39 is 16.0 Å². The molecule has 0 amide bonds. The molecule has 1 unspecified atom stereocenters. The number of fused-ring (bicyclic) bond motifs is 1. The van der Waals surface area contributed by atoms with Crippen LogP contribution in [-0.2, 0) is 27.8 Å². The van der Waals surface area contributed by atoms with E-state index in [0.717, 1.165) is 36.1 Å². The number of hydrogen-bond acceptors (Lipinski definition) is 6. The standard InChI is InChI=1S/C23H27NO6S/c1-3-28-21-13-18-12-16(2)30-22(18)14-19(21)15-29-23(25)17-6-8-20(9-7-17)31(26,27)24-10-4-5-11-24/h6-9,13-14,16H,3-5,10-12,15H2,1-2H3. The van der Waals surface area contributed by atoms with Gasteiger partial charge in [-0.15, -0.1) is 0 Å². The fraction of sp³-hybridized carbons (Fsp3) is 0.435. The molecule has 0 spiro atoms. The van der Waals surface area contributed by atoms with Crippen molar-refractivity contribution in [3.05, 3.63) is 53.1 Å². The lowest BCUT2D eigenvalue weighted by molar-refractivity contribution is 0.0469. The second kappa shape index (κ2) is 8.88. The van der Waals surface area contributed by atoms with Crippen LogP contribution in [0.25, 0.3) is 0 Å². The van der Waals surface area contributed by atoms with Crippen LogP contribution >= 0.6 is 0 Å². The predicted molar refractivity (Wildman–Crippen MR) is 115 cm³/mol. The van der Waals surface area contributed by atoms with Crippen molar-refractivity contribution in [3.8, 4) is 11.5 Å². The maximum Gasteiger partial charge on any atom is 0.338 e. The first-order valence-corrected chi connectivity index (χ1v) is 12.0. The molecule has 0 saturated carbocycles. The maximum atomic E-state index is 12.6. The van der Waals surface area contributed by atoms with Crippen LogP contribution in [0, 0.1) is 0 Å². The first kappa shape index (κ1) is 21.6. The van der Waals surface area contributed by atoms with Crippen LogP contribution in [0.4, 0.5) is 0 Å². The number of carbonyl (C=O) groups excluding carboxylic acids is 1. The Morgan fingerprint density at radius 1 is 1.16 bits per heavy atom. The Bertz CT molecular complexity index is 1060. The van der Waals surface area contributed by atoms with Crippen LogP contribution in [0.2, 0.25) is 0 Å². The summed E-state index contributed by atoms with van der Waals surface area (Å²) in [7, 11) is -3.51. The van der Waals surface area contributed by atoms with E-state index in [1.165, 1.54) is 28.6 Å². The van der Waals surface area contributed by atoms with Crippen molar-refractivity contribution in [2.75, 3.05) is 19.7 Å². The Hall–Kier alpha value is -2.58. The topological polar surface area (TPSA) is 82.1 Å². The maximum absolute atomic E-state index is 12.6. The molecule has 1 saturated heterocycles. The van der Waals surface area contributed by atoms with E-state index in [0.29, 0.717) is 31.0 Å². The molecule has 0 radical (unpaired) electrons. The fourth-order valence-corrected chi connectivity index (χ4v) is 5.47. The number of esters is 1. The molecule has 1 atom stereocenters. The molecule has 1 fully saturated rings. The van der Waals surface area contributed by atoms with Gasteiger partial charge in [-0.3, -0.25) is 0 Å². The zero-order chi connectivity index (χ0) is 22.0. The van der Waals surface area contributed by atoms with Gasteiger partial charge in [-0.05, 0) is 63.1 Å². The predicted octanol–water partition coefficient (Wildman–Crippen LogP) is 3.55. The van der Waals surface area contributed by atoms with Gasteiger partial charge < -0.3 is 14.2 Å². The zero-order valence-electron chi connectivity index (χ0n) is 17.8. The molecule has 2 aliphatic heterocycles. The van der Waals surface area contributed by atoms with E-state index in [9.17, 15) is 13.2 Å². The summed E-state index contributed by atoms with van der Waals surface area (Å²) >= 11 is 0. The molecule has 0 N–H and O–H groups in total. The highest BCUT2D eigenvalue weighted by Gasteiger charge is 2.27. The van der Waals surface area contributed by atoms with Crippen molar-refractivity contribution in [1.29, 1.82) is 0 Å². The monoisotopic (exact) mass is 445 g/mol. The summed E-state index contributed by atoms with van der Waals surface area (Å²) in [6.45, 7) is 5.53. The second-order valence-corrected chi connectivity index (χ2v) is 9.78. The first-order chi connectivity index (χ1) is 14.9. The van der Waals surface area contributed by atoms with E-state index in [2.05, 4.69) is 0 Å². The highest BCUT2D eigenvalue weighted by atomic mass is 32.2. The van der Waals surface area contributed by atoms with Crippen LogP contribution in [0.1, 0.15) is 48.2 Å². The van der Waals surface area contributed by atoms with Gasteiger partial charge in [0.2, 0.25) is 10.0 Å².